The zero-order valence-corrected chi connectivity index (χ0v) is 9.72. The van der Waals surface area contributed by atoms with E-state index in [-0.39, 0.29) is 24.3 Å². The summed E-state index contributed by atoms with van der Waals surface area (Å²) >= 11 is 0. The largest absolute Gasteiger partial charge is 0.347 e. The maximum Gasteiger partial charge on any atom is 0.271 e. The summed E-state index contributed by atoms with van der Waals surface area (Å²) in [6.45, 7) is 0.678. The van der Waals surface area contributed by atoms with Gasteiger partial charge in [-0.3, -0.25) is 9.59 Å². The molecular formula is C11H13N5O2. The number of hydrogen-bond acceptors (Lipinski definition) is 4. The summed E-state index contributed by atoms with van der Waals surface area (Å²) in [5, 5.41) is 3.77. The Morgan fingerprint density at radius 1 is 1.50 bits per heavy atom. The van der Waals surface area contributed by atoms with Crippen LogP contribution in [0.25, 0.3) is 0 Å². The maximum absolute atomic E-state index is 12.3. The molecule has 0 bridgehead atoms. The summed E-state index contributed by atoms with van der Waals surface area (Å²) < 4.78 is 0. The van der Waals surface area contributed by atoms with Gasteiger partial charge in [0.1, 0.15) is 11.5 Å². The van der Waals surface area contributed by atoms with Gasteiger partial charge in [-0.15, -0.1) is 0 Å². The maximum atomic E-state index is 12.3. The van der Waals surface area contributed by atoms with Crippen molar-refractivity contribution in [1.29, 1.82) is 0 Å². The predicted molar refractivity (Wildman–Crippen MR) is 62.5 cm³/mol. The summed E-state index contributed by atoms with van der Waals surface area (Å²) in [6, 6.07) is -0.0362. The van der Waals surface area contributed by atoms with E-state index < -0.39 is 0 Å². The second-order valence-corrected chi connectivity index (χ2v) is 4.40. The highest BCUT2D eigenvalue weighted by atomic mass is 16.2. The fourth-order valence-corrected chi connectivity index (χ4v) is 2.40. The monoisotopic (exact) mass is 247 g/mol. The molecule has 1 fully saturated rings. The SMILES string of the molecule is O=C1CC(C(=O)N2CCCC2c2ncc[nH]2)=NN1. The summed E-state index contributed by atoms with van der Waals surface area (Å²) in [5.74, 6) is 0.387. The smallest absolute Gasteiger partial charge is 0.271 e. The number of likely N-dealkylation sites (tertiary alicyclic amines) is 1. The van der Waals surface area contributed by atoms with Crippen molar-refractivity contribution >= 4 is 17.5 Å². The number of amides is 2. The average Bonchev–Trinajstić information content (AvgIpc) is 3.08. The number of rotatable bonds is 2. The lowest BCUT2D eigenvalue weighted by atomic mass is 10.2. The minimum Gasteiger partial charge on any atom is -0.347 e. The quantitative estimate of drug-likeness (QED) is 0.767. The van der Waals surface area contributed by atoms with Gasteiger partial charge in [-0.2, -0.15) is 5.10 Å². The number of carbonyl (C=O) groups excluding carboxylic acids is 2. The van der Waals surface area contributed by atoms with Crippen LogP contribution in [0.15, 0.2) is 17.5 Å². The number of aromatic nitrogens is 2. The van der Waals surface area contributed by atoms with Crippen LogP contribution in [-0.4, -0.2) is 38.9 Å². The van der Waals surface area contributed by atoms with E-state index in [1.54, 1.807) is 17.3 Å². The van der Waals surface area contributed by atoms with Crippen molar-refractivity contribution < 1.29 is 9.59 Å². The van der Waals surface area contributed by atoms with E-state index in [1.165, 1.54) is 0 Å². The Kier molecular flexibility index (Phi) is 2.58. The summed E-state index contributed by atoms with van der Waals surface area (Å²) in [4.78, 5) is 32.3. The van der Waals surface area contributed by atoms with Crippen LogP contribution in [0.4, 0.5) is 0 Å². The van der Waals surface area contributed by atoms with Crippen molar-refractivity contribution in [2.24, 2.45) is 5.10 Å². The van der Waals surface area contributed by atoms with E-state index in [9.17, 15) is 9.59 Å². The lowest BCUT2D eigenvalue weighted by molar-refractivity contribution is -0.125. The topological polar surface area (TPSA) is 90.5 Å². The van der Waals surface area contributed by atoms with E-state index in [4.69, 9.17) is 0 Å². The lowest BCUT2D eigenvalue weighted by Gasteiger charge is -2.22. The molecule has 1 aromatic rings. The molecule has 1 atom stereocenters. The second kappa shape index (κ2) is 4.25. The van der Waals surface area contributed by atoms with Crippen molar-refractivity contribution in [3.8, 4) is 0 Å². The fraction of sp³-hybridized carbons (Fsp3) is 0.455. The van der Waals surface area contributed by atoms with Crippen LogP contribution in [0.2, 0.25) is 0 Å². The van der Waals surface area contributed by atoms with Gasteiger partial charge in [0.05, 0.1) is 12.5 Å². The fourth-order valence-electron chi connectivity index (χ4n) is 2.40. The molecule has 1 aromatic heterocycles. The molecule has 2 aliphatic heterocycles. The normalized spacial score (nSPS) is 23.1. The van der Waals surface area contributed by atoms with Crippen LogP contribution in [0, 0.1) is 0 Å². The molecule has 0 spiro atoms. The van der Waals surface area contributed by atoms with Gasteiger partial charge in [-0.25, -0.2) is 10.4 Å². The molecule has 0 aromatic carbocycles. The van der Waals surface area contributed by atoms with Gasteiger partial charge >= 0.3 is 0 Å². The van der Waals surface area contributed by atoms with Gasteiger partial charge in [-0.1, -0.05) is 0 Å². The minimum atomic E-state index is -0.230. The Bertz CT molecular complexity index is 508. The highest BCUT2D eigenvalue weighted by Gasteiger charge is 2.35. The van der Waals surface area contributed by atoms with E-state index in [0.29, 0.717) is 12.3 Å². The number of carbonyl (C=O) groups is 2. The molecule has 0 aliphatic carbocycles. The third-order valence-corrected chi connectivity index (χ3v) is 3.24. The third-order valence-electron chi connectivity index (χ3n) is 3.24. The van der Waals surface area contributed by atoms with Gasteiger partial charge < -0.3 is 9.88 Å². The van der Waals surface area contributed by atoms with Crippen LogP contribution in [0.3, 0.4) is 0 Å². The third kappa shape index (κ3) is 1.77. The van der Waals surface area contributed by atoms with Crippen molar-refractivity contribution in [2.45, 2.75) is 25.3 Å². The average molecular weight is 247 g/mol. The lowest BCUT2D eigenvalue weighted by Crippen LogP contribution is -2.36. The second-order valence-electron chi connectivity index (χ2n) is 4.40. The Morgan fingerprint density at radius 2 is 2.39 bits per heavy atom. The molecular weight excluding hydrogens is 234 g/mol. The summed E-state index contributed by atoms with van der Waals surface area (Å²) in [5.41, 5.74) is 2.59. The van der Waals surface area contributed by atoms with Gasteiger partial charge in [0.2, 0.25) is 5.91 Å². The first-order valence-electron chi connectivity index (χ1n) is 5.91. The highest BCUT2D eigenvalue weighted by molar-refractivity contribution is 6.43. The standard InChI is InChI=1S/C11H13N5O2/c17-9-6-7(14-15-9)11(18)16-5-1-2-8(16)10-12-3-4-13-10/h3-4,8H,1-2,5-6H2,(H,12,13)(H,15,17). The number of aromatic amines is 1. The number of nitrogens with zero attached hydrogens (tertiary/aromatic N) is 3. The molecule has 3 heterocycles. The van der Waals surface area contributed by atoms with Crippen LogP contribution in [0.5, 0.6) is 0 Å². The Balaban J connectivity index is 1.79. The molecule has 7 nitrogen and oxygen atoms in total. The van der Waals surface area contributed by atoms with Crippen molar-refractivity contribution in [3.63, 3.8) is 0 Å². The molecule has 7 heteroatoms. The molecule has 3 rings (SSSR count). The number of imidazole rings is 1. The van der Waals surface area contributed by atoms with Gasteiger partial charge in [-0.05, 0) is 12.8 Å². The van der Waals surface area contributed by atoms with Crippen molar-refractivity contribution in [2.75, 3.05) is 6.54 Å². The van der Waals surface area contributed by atoms with E-state index in [2.05, 4.69) is 20.5 Å². The molecule has 1 saturated heterocycles. The molecule has 2 amide bonds. The van der Waals surface area contributed by atoms with Gasteiger partial charge in [0.15, 0.2) is 0 Å². The molecule has 2 N–H and O–H groups in total. The zero-order chi connectivity index (χ0) is 12.5. The minimum absolute atomic E-state index is 0.0362. The summed E-state index contributed by atoms with van der Waals surface area (Å²) in [6.07, 6.45) is 5.31. The van der Waals surface area contributed by atoms with E-state index >= 15 is 0 Å². The van der Waals surface area contributed by atoms with E-state index in [0.717, 1.165) is 18.7 Å². The predicted octanol–water partition coefficient (Wildman–Crippen LogP) is -0.0509. The summed E-state index contributed by atoms with van der Waals surface area (Å²) in [7, 11) is 0. The molecule has 1 unspecified atom stereocenters. The van der Waals surface area contributed by atoms with Gasteiger partial charge in [0.25, 0.3) is 5.91 Å². The van der Waals surface area contributed by atoms with Crippen LogP contribution >= 0.6 is 0 Å². The number of H-pyrrole nitrogens is 1. The van der Waals surface area contributed by atoms with E-state index in [1.807, 2.05) is 0 Å². The molecule has 2 aliphatic rings. The van der Waals surface area contributed by atoms with Crippen LogP contribution in [0.1, 0.15) is 31.1 Å². The van der Waals surface area contributed by atoms with Crippen molar-refractivity contribution in [1.82, 2.24) is 20.3 Å². The molecule has 18 heavy (non-hydrogen) atoms. The number of nitrogens with one attached hydrogen (secondary N) is 2. The highest BCUT2D eigenvalue weighted by Crippen LogP contribution is 2.30. The molecule has 94 valence electrons. The van der Waals surface area contributed by atoms with Crippen LogP contribution in [-0.2, 0) is 9.59 Å². The molecule has 0 radical (unpaired) electrons. The number of hydrazone groups is 1. The van der Waals surface area contributed by atoms with Gasteiger partial charge in [0, 0.05) is 18.9 Å². The first kappa shape index (κ1) is 10.9. The molecule has 0 saturated carbocycles. The first-order chi connectivity index (χ1) is 8.75. The van der Waals surface area contributed by atoms with Crippen LogP contribution < -0.4 is 5.43 Å². The first-order valence-corrected chi connectivity index (χ1v) is 5.91. The number of hydrogen-bond donors (Lipinski definition) is 2. The Morgan fingerprint density at radius 3 is 3.06 bits per heavy atom. The Labute approximate surface area is 103 Å². The zero-order valence-electron chi connectivity index (χ0n) is 9.72. The van der Waals surface area contributed by atoms with Crippen molar-refractivity contribution in [3.05, 3.63) is 18.2 Å². The Hall–Kier alpha value is -2.18.